The molecular weight excluding hydrogens is 366 g/mol. The minimum absolute atomic E-state index is 0.0717. The standard InChI is InChI=1S/C19H15N3O4S/c1-3-6-21-14-5-4-10(2)7-11(14)15(16(21)18(24)25)22-17(23)12-8-27-9-13(12)20-19(22)26/h3-5,7-9H,1,6H2,2H3,(H,20,26)(H,24,25). The van der Waals surface area contributed by atoms with E-state index in [1.54, 1.807) is 33.5 Å². The molecule has 7 nitrogen and oxygen atoms in total. The molecule has 0 amide bonds. The average Bonchev–Trinajstić information content (AvgIpc) is 3.19. The molecule has 0 fully saturated rings. The largest absolute Gasteiger partial charge is 0.477 e. The van der Waals surface area contributed by atoms with E-state index >= 15 is 0 Å². The van der Waals surface area contributed by atoms with E-state index < -0.39 is 17.2 Å². The van der Waals surface area contributed by atoms with Gasteiger partial charge >= 0.3 is 11.7 Å². The Morgan fingerprint density at radius 2 is 2.07 bits per heavy atom. The van der Waals surface area contributed by atoms with Gasteiger partial charge in [-0.1, -0.05) is 17.7 Å². The fraction of sp³-hybridized carbons (Fsp3) is 0.105. The number of aromatic amines is 1. The van der Waals surface area contributed by atoms with Crippen molar-refractivity contribution < 1.29 is 9.90 Å². The first kappa shape index (κ1) is 17.0. The number of nitrogens with zero attached hydrogens (tertiary/aromatic N) is 2. The Kier molecular flexibility index (Phi) is 3.85. The number of allylic oxidation sites excluding steroid dienone is 1. The molecule has 3 aromatic heterocycles. The van der Waals surface area contributed by atoms with Crippen molar-refractivity contribution in [2.45, 2.75) is 13.5 Å². The fourth-order valence-corrected chi connectivity index (χ4v) is 4.11. The Balaban J connectivity index is 2.26. The van der Waals surface area contributed by atoms with Gasteiger partial charge in [-0.15, -0.1) is 17.9 Å². The van der Waals surface area contributed by atoms with E-state index in [4.69, 9.17) is 0 Å². The molecule has 2 N–H and O–H groups in total. The van der Waals surface area contributed by atoms with E-state index in [1.165, 1.54) is 11.3 Å². The Labute approximate surface area is 156 Å². The molecule has 0 atom stereocenters. The lowest BCUT2D eigenvalue weighted by Crippen LogP contribution is -2.34. The summed E-state index contributed by atoms with van der Waals surface area (Å²) in [6.45, 7) is 5.78. The molecule has 136 valence electrons. The minimum Gasteiger partial charge on any atom is -0.477 e. The van der Waals surface area contributed by atoms with Crippen molar-refractivity contribution >= 4 is 39.1 Å². The van der Waals surface area contributed by atoms with Crippen molar-refractivity contribution in [2.75, 3.05) is 0 Å². The summed E-state index contributed by atoms with van der Waals surface area (Å²) in [5.41, 5.74) is 0.667. The first-order valence-electron chi connectivity index (χ1n) is 8.12. The summed E-state index contributed by atoms with van der Waals surface area (Å²) in [7, 11) is 0. The molecule has 0 aliphatic rings. The quantitative estimate of drug-likeness (QED) is 0.531. The maximum atomic E-state index is 13.0. The van der Waals surface area contributed by atoms with Gasteiger partial charge < -0.3 is 14.7 Å². The second-order valence-corrected chi connectivity index (χ2v) is 6.94. The van der Waals surface area contributed by atoms with Gasteiger partial charge in [-0.2, -0.15) is 0 Å². The minimum atomic E-state index is -1.22. The van der Waals surface area contributed by atoms with Gasteiger partial charge in [0.25, 0.3) is 5.56 Å². The first-order valence-corrected chi connectivity index (χ1v) is 9.07. The van der Waals surface area contributed by atoms with Crippen LogP contribution < -0.4 is 11.2 Å². The Hall–Kier alpha value is -3.39. The molecule has 1 aromatic carbocycles. The third-order valence-corrected chi connectivity index (χ3v) is 5.21. The number of carboxylic acid groups (broad SMARTS) is 1. The van der Waals surface area contributed by atoms with Crippen LogP contribution in [0.15, 0.2) is 51.2 Å². The number of hydrogen-bond acceptors (Lipinski definition) is 4. The van der Waals surface area contributed by atoms with Gasteiger partial charge in [0.15, 0.2) is 5.69 Å². The summed E-state index contributed by atoms with van der Waals surface area (Å²) >= 11 is 1.29. The monoisotopic (exact) mass is 381 g/mol. The number of aryl methyl sites for hydroxylation is 1. The molecule has 0 aliphatic heterocycles. The predicted molar refractivity (Wildman–Crippen MR) is 105 cm³/mol. The number of nitrogens with one attached hydrogen (secondary N) is 1. The van der Waals surface area contributed by atoms with Crippen LogP contribution in [-0.2, 0) is 6.54 Å². The SMILES string of the molecule is C=CCn1c(C(=O)O)c(-n2c(=O)[nH]c3cscc3c2=O)c2cc(C)ccc21. The molecule has 0 unspecified atom stereocenters. The molecule has 27 heavy (non-hydrogen) atoms. The maximum Gasteiger partial charge on any atom is 0.354 e. The normalized spacial score (nSPS) is 11.3. The molecule has 0 bridgehead atoms. The van der Waals surface area contributed by atoms with Gasteiger partial charge in [0, 0.05) is 22.7 Å². The van der Waals surface area contributed by atoms with Crippen molar-refractivity contribution in [1.82, 2.24) is 14.1 Å². The zero-order valence-electron chi connectivity index (χ0n) is 14.4. The zero-order valence-corrected chi connectivity index (χ0v) is 15.2. The number of H-pyrrole nitrogens is 1. The third kappa shape index (κ3) is 2.45. The van der Waals surface area contributed by atoms with Gasteiger partial charge in [-0.3, -0.25) is 4.79 Å². The first-order chi connectivity index (χ1) is 12.9. The second-order valence-electron chi connectivity index (χ2n) is 6.19. The zero-order chi connectivity index (χ0) is 19.3. The lowest BCUT2D eigenvalue weighted by molar-refractivity contribution is 0.0686. The molecule has 0 radical (unpaired) electrons. The van der Waals surface area contributed by atoms with Crippen molar-refractivity contribution in [3.8, 4) is 5.69 Å². The summed E-state index contributed by atoms with van der Waals surface area (Å²) < 4.78 is 2.46. The number of fused-ring (bicyclic) bond motifs is 2. The molecule has 3 heterocycles. The molecule has 4 rings (SSSR count). The van der Waals surface area contributed by atoms with E-state index in [0.717, 1.165) is 10.1 Å². The van der Waals surface area contributed by atoms with Gasteiger partial charge in [-0.25, -0.2) is 14.2 Å². The second kappa shape index (κ2) is 6.10. The van der Waals surface area contributed by atoms with Crippen LogP contribution in [0.4, 0.5) is 0 Å². The number of carbonyl (C=O) groups is 1. The number of benzene rings is 1. The summed E-state index contributed by atoms with van der Waals surface area (Å²) in [6, 6.07) is 5.42. The summed E-state index contributed by atoms with van der Waals surface area (Å²) in [5, 5.41) is 14.1. The third-order valence-electron chi connectivity index (χ3n) is 4.47. The average molecular weight is 381 g/mol. The van der Waals surface area contributed by atoms with Gasteiger partial charge in [0.05, 0.1) is 22.1 Å². The number of thiophene rings is 1. The van der Waals surface area contributed by atoms with E-state index in [9.17, 15) is 19.5 Å². The van der Waals surface area contributed by atoms with Crippen LogP contribution in [-0.4, -0.2) is 25.2 Å². The van der Waals surface area contributed by atoms with Gasteiger partial charge in [0.2, 0.25) is 0 Å². The lowest BCUT2D eigenvalue weighted by Gasteiger charge is -2.07. The molecule has 0 aliphatic carbocycles. The maximum absolute atomic E-state index is 13.0. The van der Waals surface area contributed by atoms with Crippen molar-refractivity contribution in [1.29, 1.82) is 0 Å². The van der Waals surface area contributed by atoms with Gasteiger partial charge in [-0.05, 0) is 19.1 Å². The molecule has 0 saturated carbocycles. The Bertz CT molecular complexity index is 1350. The van der Waals surface area contributed by atoms with E-state index in [1.807, 2.05) is 13.0 Å². The van der Waals surface area contributed by atoms with E-state index in [2.05, 4.69) is 11.6 Å². The smallest absolute Gasteiger partial charge is 0.354 e. The number of carboxylic acids is 1. The molecular formula is C19H15N3O4S. The lowest BCUT2D eigenvalue weighted by atomic mass is 10.1. The van der Waals surface area contributed by atoms with Crippen LogP contribution >= 0.6 is 11.3 Å². The highest BCUT2D eigenvalue weighted by atomic mass is 32.1. The summed E-state index contributed by atoms with van der Waals surface area (Å²) in [5.74, 6) is -1.22. The number of rotatable bonds is 4. The van der Waals surface area contributed by atoms with Crippen LogP contribution in [0.3, 0.4) is 0 Å². The topological polar surface area (TPSA) is 97.1 Å². The summed E-state index contributed by atoms with van der Waals surface area (Å²) in [4.78, 5) is 40.5. The highest BCUT2D eigenvalue weighted by molar-refractivity contribution is 7.09. The molecule has 8 heteroatoms. The Morgan fingerprint density at radius 1 is 1.30 bits per heavy atom. The highest BCUT2D eigenvalue weighted by Gasteiger charge is 2.26. The summed E-state index contributed by atoms with van der Waals surface area (Å²) in [6.07, 6.45) is 1.57. The van der Waals surface area contributed by atoms with E-state index in [0.29, 0.717) is 21.8 Å². The van der Waals surface area contributed by atoms with Crippen molar-refractivity contribution in [2.24, 2.45) is 0 Å². The molecule has 0 saturated heterocycles. The van der Waals surface area contributed by atoms with Crippen LogP contribution in [0.2, 0.25) is 0 Å². The molecule has 4 aromatic rings. The van der Waals surface area contributed by atoms with E-state index in [-0.39, 0.29) is 17.9 Å². The molecule has 0 spiro atoms. The van der Waals surface area contributed by atoms with Crippen LogP contribution in [0.1, 0.15) is 16.1 Å². The predicted octanol–water partition coefficient (Wildman–Crippen LogP) is 2.89. The van der Waals surface area contributed by atoms with Crippen LogP contribution in [0.25, 0.3) is 27.5 Å². The number of aromatic nitrogens is 3. The Morgan fingerprint density at radius 3 is 2.78 bits per heavy atom. The number of aromatic carboxylic acids is 1. The van der Waals surface area contributed by atoms with Gasteiger partial charge in [0.1, 0.15) is 0 Å². The van der Waals surface area contributed by atoms with Crippen LogP contribution in [0, 0.1) is 6.92 Å². The highest BCUT2D eigenvalue weighted by Crippen LogP contribution is 2.30. The van der Waals surface area contributed by atoms with Crippen LogP contribution in [0.5, 0.6) is 0 Å². The van der Waals surface area contributed by atoms with Crippen molar-refractivity contribution in [3.63, 3.8) is 0 Å². The fourth-order valence-electron chi connectivity index (χ4n) is 3.36. The van der Waals surface area contributed by atoms with Crippen molar-refractivity contribution in [3.05, 3.63) is 73.7 Å². The number of hydrogen-bond donors (Lipinski definition) is 2.